The molecule has 0 amide bonds. The Labute approximate surface area is 261 Å². The molecular formula is C33H39NO11. The third-order valence-corrected chi connectivity index (χ3v) is 5.97. The van der Waals surface area contributed by atoms with Gasteiger partial charge in [0.1, 0.15) is 18.5 Å². The Balaban J connectivity index is 0.000000330. The summed E-state index contributed by atoms with van der Waals surface area (Å²) in [6.45, 7) is 5.67. The van der Waals surface area contributed by atoms with E-state index in [2.05, 4.69) is 5.32 Å². The number of hydrogen-bond acceptors (Lipinski definition) is 10. The van der Waals surface area contributed by atoms with Gasteiger partial charge < -0.3 is 39.6 Å². The summed E-state index contributed by atoms with van der Waals surface area (Å²) in [5.41, 5.74) is 1.27. The van der Waals surface area contributed by atoms with Crippen LogP contribution in [-0.2, 0) is 30.2 Å². The maximum absolute atomic E-state index is 12.0. The van der Waals surface area contributed by atoms with Crippen molar-refractivity contribution in [1.82, 2.24) is 5.32 Å². The summed E-state index contributed by atoms with van der Waals surface area (Å²) in [7, 11) is 1.70. The lowest BCUT2D eigenvalue weighted by Gasteiger charge is -2.21. The second-order valence-corrected chi connectivity index (χ2v) is 9.97. The van der Waals surface area contributed by atoms with Gasteiger partial charge in [-0.1, -0.05) is 62.4 Å². The molecule has 0 saturated carbocycles. The first kappa shape index (κ1) is 36.4. The van der Waals surface area contributed by atoms with E-state index in [1.807, 2.05) is 38.1 Å². The smallest absolute Gasteiger partial charge is 0.349 e. The maximum atomic E-state index is 12.0. The van der Waals surface area contributed by atoms with Gasteiger partial charge in [0.15, 0.2) is 0 Å². The predicted octanol–water partition coefficient (Wildman–Crippen LogP) is 3.22. The highest BCUT2D eigenvalue weighted by atomic mass is 16.6. The number of hydrogen-bond donors (Lipinski definition) is 4. The summed E-state index contributed by atoms with van der Waals surface area (Å²) in [6, 6.07) is 23.1. The number of aliphatic carboxylic acids is 2. The second kappa shape index (κ2) is 19.5. The number of aliphatic hydroxyl groups is 1. The lowest BCUT2D eigenvalue weighted by molar-refractivity contribution is -0.166. The van der Waals surface area contributed by atoms with E-state index in [-0.39, 0.29) is 11.1 Å². The zero-order valence-electron chi connectivity index (χ0n) is 25.3. The highest BCUT2D eigenvalue weighted by Gasteiger charge is 2.41. The maximum Gasteiger partial charge on any atom is 0.349 e. The summed E-state index contributed by atoms with van der Waals surface area (Å²) in [5.74, 6) is -4.85. The molecule has 0 heterocycles. The van der Waals surface area contributed by atoms with Crippen molar-refractivity contribution in [2.45, 2.75) is 44.6 Å². The molecule has 0 aliphatic rings. The molecule has 0 fully saturated rings. The Morgan fingerprint density at radius 2 is 1.20 bits per heavy atom. The molecule has 0 radical (unpaired) electrons. The average molecular weight is 626 g/mol. The topological polar surface area (TPSA) is 178 Å². The first-order chi connectivity index (χ1) is 21.5. The molecule has 0 saturated heterocycles. The largest absolute Gasteiger partial charge is 0.491 e. The van der Waals surface area contributed by atoms with E-state index in [1.165, 1.54) is 54.1 Å². The molecule has 12 nitrogen and oxygen atoms in total. The fourth-order valence-corrected chi connectivity index (χ4v) is 3.59. The number of carbonyl (C=O) groups is 4. The molecule has 3 aromatic carbocycles. The Hall–Kier alpha value is -4.78. The molecule has 0 aliphatic carbocycles. The minimum atomic E-state index is -2.21. The van der Waals surface area contributed by atoms with Gasteiger partial charge in [0.2, 0.25) is 12.2 Å². The van der Waals surface area contributed by atoms with Crippen LogP contribution in [-0.4, -0.2) is 90.4 Å². The lowest BCUT2D eigenvalue weighted by Crippen LogP contribution is -2.45. The van der Waals surface area contributed by atoms with Gasteiger partial charge in [-0.05, 0) is 48.4 Å². The quantitative estimate of drug-likeness (QED) is 0.171. The molecule has 0 spiro atoms. The molecule has 0 bridgehead atoms. The summed E-state index contributed by atoms with van der Waals surface area (Å²) < 4.78 is 20.1. The zero-order valence-corrected chi connectivity index (χ0v) is 25.3. The van der Waals surface area contributed by atoms with Gasteiger partial charge in [-0.2, -0.15) is 0 Å². The highest BCUT2D eigenvalue weighted by molar-refractivity contribution is 5.95. The molecule has 0 unspecified atom stereocenters. The summed E-state index contributed by atoms with van der Waals surface area (Å²) in [5, 5.41) is 31.4. The minimum Gasteiger partial charge on any atom is -0.491 e. The van der Waals surface area contributed by atoms with Gasteiger partial charge in [-0.15, -0.1) is 0 Å². The Kier molecular flexibility index (Phi) is 15.8. The van der Waals surface area contributed by atoms with Crippen LogP contribution < -0.4 is 10.1 Å². The first-order valence-corrected chi connectivity index (χ1v) is 14.1. The normalized spacial score (nSPS) is 12.6. The van der Waals surface area contributed by atoms with Crippen molar-refractivity contribution < 1.29 is 53.4 Å². The number of methoxy groups -OCH3 is 1. The lowest BCUT2D eigenvalue weighted by atomic mass is 10.1. The van der Waals surface area contributed by atoms with E-state index < -0.39 is 42.2 Å². The van der Waals surface area contributed by atoms with Crippen LogP contribution >= 0.6 is 0 Å². The molecule has 45 heavy (non-hydrogen) atoms. The molecule has 242 valence electrons. The average Bonchev–Trinajstić information content (AvgIpc) is 3.04. The molecule has 4 N–H and O–H groups in total. The van der Waals surface area contributed by atoms with Gasteiger partial charge in [-0.3, -0.25) is 0 Å². The number of esters is 2. The van der Waals surface area contributed by atoms with Crippen LogP contribution in [0, 0.1) is 0 Å². The van der Waals surface area contributed by atoms with Crippen LogP contribution in [0.3, 0.4) is 0 Å². The van der Waals surface area contributed by atoms with Crippen molar-refractivity contribution in [1.29, 1.82) is 0 Å². The number of carboxylic acid groups (broad SMARTS) is 2. The van der Waals surface area contributed by atoms with Crippen molar-refractivity contribution in [3.05, 3.63) is 102 Å². The van der Waals surface area contributed by atoms with E-state index in [0.29, 0.717) is 19.2 Å². The van der Waals surface area contributed by atoms with E-state index in [0.717, 1.165) is 18.8 Å². The predicted molar refractivity (Wildman–Crippen MR) is 163 cm³/mol. The third-order valence-electron chi connectivity index (χ3n) is 5.97. The van der Waals surface area contributed by atoms with E-state index >= 15 is 0 Å². The summed E-state index contributed by atoms with van der Waals surface area (Å²) in [4.78, 5) is 46.8. The number of nitrogens with one attached hydrogen (secondary N) is 1. The van der Waals surface area contributed by atoms with Crippen molar-refractivity contribution >= 4 is 23.9 Å². The second-order valence-electron chi connectivity index (χ2n) is 9.97. The summed E-state index contributed by atoms with van der Waals surface area (Å²) in [6.07, 6.45) is -4.02. The third kappa shape index (κ3) is 13.6. The van der Waals surface area contributed by atoms with Gasteiger partial charge >= 0.3 is 23.9 Å². The fraction of sp³-hybridized carbons (Fsp3) is 0.333. The molecular weight excluding hydrogens is 586 g/mol. The van der Waals surface area contributed by atoms with Gasteiger partial charge in [0.05, 0.1) is 17.7 Å². The molecule has 0 aromatic heterocycles. The van der Waals surface area contributed by atoms with Gasteiger partial charge in [0.25, 0.3) is 0 Å². The summed E-state index contributed by atoms with van der Waals surface area (Å²) >= 11 is 0. The fourth-order valence-electron chi connectivity index (χ4n) is 3.59. The van der Waals surface area contributed by atoms with Crippen LogP contribution in [0.4, 0.5) is 0 Å². The Morgan fingerprint density at radius 3 is 1.60 bits per heavy atom. The molecule has 3 rings (SSSR count). The Morgan fingerprint density at radius 1 is 0.733 bits per heavy atom. The van der Waals surface area contributed by atoms with Crippen molar-refractivity contribution in [2.24, 2.45) is 0 Å². The van der Waals surface area contributed by atoms with Crippen molar-refractivity contribution in [2.75, 3.05) is 26.9 Å². The molecule has 12 heteroatoms. The van der Waals surface area contributed by atoms with Gasteiger partial charge in [-0.25, -0.2) is 19.2 Å². The van der Waals surface area contributed by atoms with E-state index in [1.54, 1.807) is 19.2 Å². The minimum absolute atomic E-state index is 0.0253. The van der Waals surface area contributed by atoms with E-state index in [4.69, 9.17) is 18.9 Å². The van der Waals surface area contributed by atoms with Crippen LogP contribution in [0.15, 0.2) is 84.9 Å². The Bertz CT molecular complexity index is 1260. The van der Waals surface area contributed by atoms with Crippen molar-refractivity contribution in [3.63, 3.8) is 0 Å². The standard InChI is InChI=1S/C18H14O8.C15H25NO3/c19-15(20)13(25-17(23)11-7-3-1-4-8-11)14(16(21)22)26-18(24)12-9-5-2-6-10-12;1-12(2)16-10-14(17)11-19-15-6-4-13(5-7-15)8-9-18-3/h1-10,13-14H,(H,19,20)(H,21,22);4-7,12,14,16-17H,8-11H2,1-3H3/t13-,14+;14-/m.1/s1. The van der Waals surface area contributed by atoms with Crippen LogP contribution in [0.25, 0.3) is 0 Å². The van der Waals surface area contributed by atoms with Gasteiger partial charge in [0, 0.05) is 19.7 Å². The van der Waals surface area contributed by atoms with E-state index in [9.17, 15) is 34.5 Å². The monoisotopic (exact) mass is 625 g/mol. The molecule has 3 atom stereocenters. The number of ether oxygens (including phenoxy) is 4. The zero-order chi connectivity index (χ0) is 33.2. The van der Waals surface area contributed by atoms with Crippen LogP contribution in [0.2, 0.25) is 0 Å². The molecule has 0 aliphatic heterocycles. The van der Waals surface area contributed by atoms with Crippen LogP contribution in [0.5, 0.6) is 5.75 Å². The SMILES string of the molecule is COCCc1ccc(OC[C@H](O)CNC(C)C)cc1.O=C(O[C@H](C(=O)O)[C@@H](OC(=O)c1ccccc1)C(=O)O)c1ccccc1. The number of rotatable bonds is 16. The number of carbonyl (C=O) groups excluding carboxylic acids is 2. The number of carboxylic acids is 2. The number of aliphatic hydroxyl groups excluding tert-OH is 1. The highest BCUT2D eigenvalue weighted by Crippen LogP contribution is 2.14. The molecule has 3 aromatic rings. The first-order valence-electron chi connectivity index (χ1n) is 14.1. The van der Waals surface area contributed by atoms with Crippen molar-refractivity contribution in [3.8, 4) is 5.75 Å². The number of benzene rings is 3. The van der Waals surface area contributed by atoms with Crippen LogP contribution in [0.1, 0.15) is 40.1 Å².